The van der Waals surface area contributed by atoms with Crippen LogP contribution in [0.15, 0.2) is 39.8 Å². The Labute approximate surface area is 159 Å². The van der Waals surface area contributed by atoms with Gasteiger partial charge in [-0.15, -0.1) is 0 Å². The van der Waals surface area contributed by atoms with Gasteiger partial charge < -0.3 is 14.4 Å². The minimum absolute atomic E-state index is 0.123. The second-order valence-corrected chi connectivity index (χ2v) is 7.92. The highest BCUT2D eigenvalue weighted by molar-refractivity contribution is 7.89. The number of carboxylic acid groups (broad SMARTS) is 1. The number of benzene rings is 1. The summed E-state index contributed by atoms with van der Waals surface area (Å²) in [5.41, 5.74) is 0.692. The van der Waals surface area contributed by atoms with Gasteiger partial charge in [0.1, 0.15) is 5.76 Å². The molecule has 0 bridgehead atoms. The number of rotatable bonds is 10. The summed E-state index contributed by atoms with van der Waals surface area (Å²) in [7, 11) is -4.16. The van der Waals surface area contributed by atoms with Gasteiger partial charge in [-0.25, -0.2) is 18.4 Å². The first-order valence-corrected chi connectivity index (χ1v) is 10.6. The largest absolute Gasteiger partial charge is 0.478 e. The number of aromatic carboxylic acids is 1. The van der Waals surface area contributed by atoms with Crippen molar-refractivity contribution in [3.63, 3.8) is 0 Å². The number of anilines is 1. The fourth-order valence-electron chi connectivity index (χ4n) is 2.92. The fourth-order valence-corrected chi connectivity index (χ4v) is 3.70. The summed E-state index contributed by atoms with van der Waals surface area (Å²) < 4.78 is 30.0. The molecule has 0 aliphatic rings. The van der Waals surface area contributed by atoms with E-state index in [1.807, 2.05) is 4.90 Å². The van der Waals surface area contributed by atoms with E-state index in [1.165, 1.54) is 12.3 Å². The van der Waals surface area contributed by atoms with Crippen LogP contribution >= 0.6 is 0 Å². The van der Waals surface area contributed by atoms with E-state index in [-0.39, 0.29) is 10.5 Å². The van der Waals surface area contributed by atoms with Crippen molar-refractivity contribution in [2.75, 3.05) is 18.0 Å². The Morgan fingerprint density at radius 2 is 1.81 bits per heavy atom. The lowest BCUT2D eigenvalue weighted by Gasteiger charge is -2.28. The van der Waals surface area contributed by atoms with Crippen molar-refractivity contribution in [3.05, 3.63) is 36.1 Å². The number of unbranched alkanes of at least 4 members (excludes halogenated alkanes) is 2. The molecule has 27 heavy (non-hydrogen) atoms. The molecule has 148 valence electrons. The quantitative estimate of drug-likeness (QED) is 0.635. The Kier molecular flexibility index (Phi) is 7.04. The molecule has 1 aromatic heterocycles. The first kappa shape index (κ1) is 21.0. The number of hydrogen-bond acceptors (Lipinski definition) is 5. The van der Waals surface area contributed by atoms with Crippen molar-refractivity contribution < 1.29 is 22.7 Å². The third-order valence-electron chi connectivity index (χ3n) is 4.31. The second-order valence-electron chi connectivity index (χ2n) is 6.39. The molecule has 0 aliphatic heterocycles. The minimum atomic E-state index is -4.16. The Morgan fingerprint density at radius 1 is 1.19 bits per heavy atom. The highest BCUT2D eigenvalue weighted by atomic mass is 32.2. The monoisotopic (exact) mass is 394 g/mol. The number of nitrogens with two attached hydrogens (primary N) is 1. The molecule has 0 radical (unpaired) electrons. The van der Waals surface area contributed by atoms with Gasteiger partial charge in [0.15, 0.2) is 0 Å². The van der Waals surface area contributed by atoms with Crippen molar-refractivity contribution in [1.29, 1.82) is 0 Å². The number of carboxylic acids is 1. The number of hydrogen-bond donors (Lipinski definition) is 2. The topological polar surface area (TPSA) is 114 Å². The zero-order valence-corrected chi connectivity index (χ0v) is 16.5. The number of carbonyl (C=O) groups is 1. The van der Waals surface area contributed by atoms with Gasteiger partial charge in [0, 0.05) is 18.8 Å². The van der Waals surface area contributed by atoms with Crippen LogP contribution in [0.2, 0.25) is 0 Å². The first-order chi connectivity index (χ1) is 12.8. The maximum absolute atomic E-state index is 12.3. The Hall–Kier alpha value is -2.32. The predicted molar refractivity (Wildman–Crippen MR) is 105 cm³/mol. The van der Waals surface area contributed by atoms with Gasteiger partial charge in [-0.1, -0.05) is 26.7 Å². The van der Waals surface area contributed by atoms with Crippen LogP contribution in [0.5, 0.6) is 0 Å². The SMILES string of the molecule is CCCCN(CCCC)c1cc(C(=O)O)cc(S(N)(=O)=O)c1-c1ccco1. The standard InChI is InChI=1S/C19H26N2O5S/c1-3-5-9-21(10-6-4-2)15-12-14(19(22)23)13-17(27(20,24)25)18(15)16-8-7-11-26-16/h7-8,11-13H,3-6,9-10H2,1-2H3,(H,22,23)(H2,20,24,25). The molecular formula is C19H26N2O5S. The third kappa shape index (κ3) is 5.11. The van der Waals surface area contributed by atoms with E-state index in [9.17, 15) is 18.3 Å². The van der Waals surface area contributed by atoms with E-state index >= 15 is 0 Å². The second kappa shape index (κ2) is 9.05. The maximum Gasteiger partial charge on any atom is 0.335 e. The number of primary sulfonamides is 1. The van der Waals surface area contributed by atoms with Crippen molar-refractivity contribution >= 4 is 21.7 Å². The fraction of sp³-hybridized carbons (Fsp3) is 0.421. The molecule has 2 aromatic rings. The molecule has 1 aromatic carbocycles. The van der Waals surface area contributed by atoms with Crippen molar-refractivity contribution in [1.82, 2.24) is 0 Å². The van der Waals surface area contributed by atoms with Crippen LogP contribution in [-0.4, -0.2) is 32.6 Å². The van der Waals surface area contributed by atoms with E-state index in [0.29, 0.717) is 30.1 Å². The van der Waals surface area contributed by atoms with Crippen molar-refractivity contribution in [3.8, 4) is 11.3 Å². The average Bonchev–Trinajstić information content (AvgIpc) is 3.14. The van der Waals surface area contributed by atoms with Crippen LogP contribution < -0.4 is 10.0 Å². The maximum atomic E-state index is 12.3. The lowest BCUT2D eigenvalue weighted by molar-refractivity contribution is 0.0696. The molecule has 3 N–H and O–H groups in total. The van der Waals surface area contributed by atoms with Gasteiger partial charge in [-0.3, -0.25) is 0 Å². The first-order valence-electron chi connectivity index (χ1n) is 9.02. The number of furan rings is 1. The molecule has 7 nitrogen and oxygen atoms in total. The van der Waals surface area contributed by atoms with Gasteiger partial charge in [-0.2, -0.15) is 0 Å². The molecule has 2 rings (SSSR count). The van der Waals surface area contributed by atoms with Crippen LogP contribution in [0, 0.1) is 0 Å². The van der Waals surface area contributed by atoms with E-state index in [4.69, 9.17) is 9.56 Å². The molecule has 0 spiro atoms. The van der Waals surface area contributed by atoms with E-state index in [2.05, 4.69) is 13.8 Å². The molecule has 0 saturated carbocycles. The molecule has 0 amide bonds. The normalized spacial score (nSPS) is 11.5. The smallest absolute Gasteiger partial charge is 0.335 e. The average molecular weight is 394 g/mol. The molecule has 0 saturated heterocycles. The highest BCUT2D eigenvalue weighted by Crippen LogP contribution is 2.38. The Balaban J connectivity index is 2.78. The van der Waals surface area contributed by atoms with Gasteiger partial charge in [0.05, 0.1) is 22.3 Å². The zero-order chi connectivity index (χ0) is 20.0. The summed E-state index contributed by atoms with van der Waals surface area (Å²) in [6.07, 6.45) is 5.14. The molecule has 0 atom stereocenters. The molecule has 1 heterocycles. The van der Waals surface area contributed by atoms with Gasteiger partial charge in [0.25, 0.3) is 0 Å². The van der Waals surface area contributed by atoms with E-state index < -0.39 is 16.0 Å². The summed E-state index contributed by atoms with van der Waals surface area (Å²) in [5, 5.41) is 14.9. The third-order valence-corrected chi connectivity index (χ3v) is 5.24. The van der Waals surface area contributed by atoms with Crippen LogP contribution in [0.25, 0.3) is 11.3 Å². The molecule has 0 unspecified atom stereocenters. The Morgan fingerprint density at radius 3 is 2.26 bits per heavy atom. The van der Waals surface area contributed by atoms with E-state index in [1.54, 1.807) is 12.1 Å². The summed E-state index contributed by atoms with van der Waals surface area (Å²) >= 11 is 0. The molecule has 0 aliphatic carbocycles. The summed E-state index contributed by atoms with van der Waals surface area (Å²) in [5.74, 6) is -0.873. The minimum Gasteiger partial charge on any atom is -0.478 e. The number of nitrogens with zero attached hydrogens (tertiary/aromatic N) is 1. The van der Waals surface area contributed by atoms with Crippen molar-refractivity contribution in [2.24, 2.45) is 5.14 Å². The Bertz CT molecular complexity index is 868. The van der Waals surface area contributed by atoms with Gasteiger partial charge in [-0.05, 0) is 37.1 Å². The summed E-state index contributed by atoms with van der Waals surface area (Å²) in [4.78, 5) is 13.4. The lowest BCUT2D eigenvalue weighted by Crippen LogP contribution is -2.27. The molecule has 0 fully saturated rings. The van der Waals surface area contributed by atoms with E-state index in [0.717, 1.165) is 31.7 Å². The summed E-state index contributed by atoms with van der Waals surface area (Å²) in [6, 6.07) is 5.89. The van der Waals surface area contributed by atoms with Crippen molar-refractivity contribution in [2.45, 2.75) is 44.4 Å². The highest BCUT2D eigenvalue weighted by Gasteiger charge is 2.26. The molecular weight excluding hydrogens is 368 g/mol. The van der Waals surface area contributed by atoms with Crippen LogP contribution in [0.1, 0.15) is 49.9 Å². The molecule has 8 heteroatoms. The van der Waals surface area contributed by atoms with Crippen LogP contribution in [0.3, 0.4) is 0 Å². The van der Waals surface area contributed by atoms with Gasteiger partial charge >= 0.3 is 5.97 Å². The zero-order valence-electron chi connectivity index (χ0n) is 15.6. The lowest BCUT2D eigenvalue weighted by atomic mass is 10.0. The predicted octanol–water partition coefficient (Wildman–Crippen LogP) is 3.70. The van der Waals surface area contributed by atoms with Crippen LogP contribution in [-0.2, 0) is 10.0 Å². The summed E-state index contributed by atoms with van der Waals surface area (Å²) in [6.45, 7) is 5.48. The number of sulfonamides is 1. The van der Waals surface area contributed by atoms with Crippen LogP contribution in [0.4, 0.5) is 5.69 Å². The van der Waals surface area contributed by atoms with Gasteiger partial charge in [0.2, 0.25) is 10.0 Å².